The number of phenols is 2. The van der Waals surface area contributed by atoms with Crippen molar-refractivity contribution >= 4 is 35.1 Å². The zero-order valence-corrected chi connectivity index (χ0v) is 22.7. The third-order valence-corrected chi connectivity index (χ3v) is 10.1. The molecule has 0 aliphatic heterocycles. The number of aromatic carboxylic acids is 1. The summed E-state index contributed by atoms with van der Waals surface area (Å²) < 4.78 is 0. The molecular weight excluding hydrogens is 514 g/mol. The van der Waals surface area contributed by atoms with Crippen LogP contribution in [0.1, 0.15) is 61.4 Å². The van der Waals surface area contributed by atoms with Crippen LogP contribution >= 0.6 is 11.8 Å². The number of allylic oxidation sites excluding steroid dienone is 3. The van der Waals surface area contributed by atoms with Crippen molar-refractivity contribution < 1.29 is 29.7 Å². The number of amides is 1. The van der Waals surface area contributed by atoms with Gasteiger partial charge in [-0.15, -0.1) is 11.8 Å². The van der Waals surface area contributed by atoms with Gasteiger partial charge in [0.1, 0.15) is 17.0 Å². The fourth-order valence-corrected chi connectivity index (χ4v) is 8.07. The van der Waals surface area contributed by atoms with Crippen molar-refractivity contribution in [3.8, 4) is 11.5 Å². The number of hydrogen-bond donors (Lipinski definition) is 4. The van der Waals surface area contributed by atoms with Gasteiger partial charge in [0.2, 0.25) is 5.91 Å². The van der Waals surface area contributed by atoms with Gasteiger partial charge in [0.15, 0.2) is 11.5 Å². The first-order valence-electron chi connectivity index (χ1n) is 13.2. The molecule has 2 aromatic rings. The maximum atomic E-state index is 14.1. The summed E-state index contributed by atoms with van der Waals surface area (Å²) >= 11 is 1.55. The number of benzene rings is 2. The fourth-order valence-electron chi connectivity index (χ4n) is 6.87. The van der Waals surface area contributed by atoms with Crippen LogP contribution in [0.5, 0.6) is 11.5 Å². The van der Waals surface area contributed by atoms with E-state index in [1.165, 1.54) is 5.57 Å². The molecule has 1 amide bonds. The van der Waals surface area contributed by atoms with Crippen LogP contribution in [0.3, 0.4) is 0 Å². The number of fused-ring (bicyclic) bond motifs is 2. The molecule has 7 nitrogen and oxygen atoms in total. The van der Waals surface area contributed by atoms with Crippen molar-refractivity contribution in [2.45, 2.75) is 51.2 Å². The number of carbonyl (C=O) groups is 3. The summed E-state index contributed by atoms with van der Waals surface area (Å²) in [5.74, 6) is -1.82. The van der Waals surface area contributed by atoms with Crippen molar-refractivity contribution in [3.05, 3.63) is 76.7 Å². The molecule has 8 heteroatoms. The van der Waals surface area contributed by atoms with E-state index >= 15 is 0 Å². The van der Waals surface area contributed by atoms with E-state index in [0.717, 1.165) is 48.3 Å². The molecule has 39 heavy (non-hydrogen) atoms. The highest BCUT2D eigenvalue weighted by molar-refractivity contribution is 8.03. The maximum Gasteiger partial charge on any atom is 0.339 e. The fraction of sp³-hybridized carbons (Fsp3) is 0.387. The first-order chi connectivity index (χ1) is 18.5. The van der Waals surface area contributed by atoms with E-state index in [-0.39, 0.29) is 29.2 Å². The van der Waals surface area contributed by atoms with Crippen LogP contribution in [0, 0.1) is 22.7 Å². The van der Waals surface area contributed by atoms with E-state index in [1.807, 2.05) is 37.3 Å². The summed E-state index contributed by atoms with van der Waals surface area (Å²) in [4.78, 5) is 39.2. The van der Waals surface area contributed by atoms with Crippen molar-refractivity contribution in [2.24, 2.45) is 22.7 Å². The van der Waals surface area contributed by atoms with Gasteiger partial charge >= 0.3 is 5.97 Å². The van der Waals surface area contributed by atoms with Crippen LogP contribution in [-0.4, -0.2) is 33.0 Å². The average Bonchev–Trinajstić information content (AvgIpc) is 2.91. The molecule has 0 radical (unpaired) electrons. The predicted octanol–water partition coefficient (Wildman–Crippen LogP) is 6.28. The second-order valence-corrected chi connectivity index (χ2v) is 12.3. The number of ketones is 1. The monoisotopic (exact) mass is 547 g/mol. The maximum absolute atomic E-state index is 14.1. The van der Waals surface area contributed by atoms with Gasteiger partial charge in [-0.1, -0.05) is 55.5 Å². The van der Waals surface area contributed by atoms with Gasteiger partial charge in [-0.25, -0.2) is 4.79 Å². The Balaban J connectivity index is 1.39. The van der Waals surface area contributed by atoms with Gasteiger partial charge in [-0.2, -0.15) is 0 Å². The highest BCUT2D eigenvalue weighted by atomic mass is 32.2. The van der Waals surface area contributed by atoms with Gasteiger partial charge in [-0.05, 0) is 67.1 Å². The summed E-state index contributed by atoms with van der Waals surface area (Å²) in [6, 6.07) is 12.2. The number of carboxylic acids is 1. The summed E-state index contributed by atoms with van der Waals surface area (Å²) in [6.45, 7) is 6.33. The molecule has 2 bridgehead atoms. The Morgan fingerprint density at radius 1 is 1.15 bits per heavy atom. The van der Waals surface area contributed by atoms with Crippen molar-refractivity contribution in [1.82, 2.24) is 0 Å². The number of Topliss-reactive ketones (excluding diaryl/α,β-unsaturated/α-hetero) is 1. The minimum Gasteiger partial charge on any atom is -0.506 e. The molecule has 2 aromatic carbocycles. The molecule has 204 valence electrons. The average molecular weight is 548 g/mol. The number of aromatic hydroxyl groups is 2. The van der Waals surface area contributed by atoms with Crippen molar-refractivity contribution in [3.63, 3.8) is 0 Å². The Morgan fingerprint density at radius 2 is 1.90 bits per heavy atom. The Morgan fingerprint density at radius 3 is 2.59 bits per heavy atom. The molecule has 3 saturated carbocycles. The summed E-state index contributed by atoms with van der Waals surface area (Å²) in [7, 11) is 0. The Labute approximate surface area is 232 Å². The normalized spacial score (nSPS) is 27.6. The topological polar surface area (TPSA) is 124 Å². The lowest BCUT2D eigenvalue weighted by Crippen LogP contribution is -2.55. The molecule has 0 heterocycles. The molecule has 4 aliphatic rings. The summed E-state index contributed by atoms with van der Waals surface area (Å²) in [6.07, 6.45) is 6.28. The molecule has 4 atom stereocenters. The number of carbonyl (C=O) groups excluding carboxylic acids is 2. The number of rotatable bonds is 8. The molecule has 1 spiro atoms. The first-order valence-corrected chi connectivity index (χ1v) is 14.2. The minimum absolute atomic E-state index is 0.0206. The van der Waals surface area contributed by atoms with Crippen LogP contribution in [0.4, 0.5) is 5.69 Å². The quantitative estimate of drug-likeness (QED) is 0.226. The van der Waals surface area contributed by atoms with Gasteiger partial charge in [-0.3, -0.25) is 9.59 Å². The zero-order chi connectivity index (χ0) is 27.9. The molecular formula is C31H33NO6S. The minimum atomic E-state index is -1.38. The van der Waals surface area contributed by atoms with Crippen LogP contribution in [0.2, 0.25) is 0 Å². The lowest BCUT2D eigenvalue weighted by Gasteiger charge is -2.59. The molecule has 4 N–H and O–H groups in total. The largest absolute Gasteiger partial charge is 0.506 e. The van der Waals surface area contributed by atoms with Gasteiger partial charge < -0.3 is 20.6 Å². The van der Waals surface area contributed by atoms with Gasteiger partial charge in [0.05, 0.1) is 0 Å². The number of phenolic OH excluding ortho intramolecular Hbond substituents is 1. The van der Waals surface area contributed by atoms with Crippen LogP contribution in [0.15, 0.2) is 65.6 Å². The smallest absolute Gasteiger partial charge is 0.339 e. The van der Waals surface area contributed by atoms with Crippen LogP contribution in [0.25, 0.3) is 0 Å². The van der Waals surface area contributed by atoms with E-state index in [4.69, 9.17) is 0 Å². The van der Waals surface area contributed by atoms with Gasteiger partial charge in [0.25, 0.3) is 0 Å². The molecule has 4 aliphatic carbocycles. The number of carboxylic acid groups (broad SMARTS) is 1. The van der Waals surface area contributed by atoms with Crippen LogP contribution in [-0.2, 0) is 15.3 Å². The Bertz CT molecular complexity index is 1380. The third-order valence-electron chi connectivity index (χ3n) is 9.00. The summed E-state index contributed by atoms with van der Waals surface area (Å²) in [5.41, 5.74) is 0.691. The number of anilines is 1. The molecule has 6 rings (SSSR count). The van der Waals surface area contributed by atoms with Crippen molar-refractivity contribution in [1.29, 1.82) is 0 Å². The SMILES string of the molecule is C=C1C[C@]23C=C(SCc4ccccc4)C(=O)[C@@](C)(CCC(=O)Nc4c(O)ccc(C(=O)O)c4O)[C@@H]2C[C@H]1CC3. The van der Waals surface area contributed by atoms with E-state index in [0.29, 0.717) is 18.1 Å². The number of hydrogen-bond acceptors (Lipinski definition) is 6. The third kappa shape index (κ3) is 4.86. The van der Waals surface area contributed by atoms with E-state index in [1.54, 1.807) is 11.8 Å². The molecule has 0 unspecified atom stereocenters. The highest BCUT2D eigenvalue weighted by Crippen LogP contribution is 2.66. The number of thioether (sulfide) groups is 1. The van der Waals surface area contributed by atoms with Gasteiger partial charge in [0, 0.05) is 22.5 Å². The lowest BCUT2D eigenvalue weighted by atomic mass is 9.44. The molecule has 3 fully saturated rings. The highest BCUT2D eigenvalue weighted by Gasteiger charge is 2.60. The Kier molecular flexibility index (Phi) is 7.10. The van der Waals surface area contributed by atoms with E-state index < -0.39 is 34.4 Å². The second-order valence-electron chi connectivity index (χ2n) is 11.3. The number of nitrogens with one attached hydrogen (secondary N) is 1. The van der Waals surface area contributed by atoms with Crippen molar-refractivity contribution in [2.75, 3.05) is 5.32 Å². The predicted molar refractivity (Wildman–Crippen MR) is 151 cm³/mol. The standard InChI is InChI=1S/C31H33NO6S/c1-18-15-31-13-10-20(18)14-24(31)30(2,28(36)23(16-31)39-17-19-6-4-3-5-7-19)12-11-25(34)32-26-22(33)9-8-21(27(26)35)29(37)38/h3-9,16,20,24,33,35H,1,10-15,17H2,2H3,(H,32,34)(H,37,38)/t20-,24+,30+,31-/m1/s1. The summed E-state index contributed by atoms with van der Waals surface area (Å²) in [5, 5.41) is 32.2. The van der Waals surface area contributed by atoms with E-state index in [2.05, 4.69) is 18.0 Å². The second kappa shape index (κ2) is 10.2. The lowest BCUT2D eigenvalue weighted by molar-refractivity contribution is -0.136. The molecule has 0 aromatic heterocycles. The Hall–Kier alpha value is -3.52. The van der Waals surface area contributed by atoms with E-state index in [9.17, 15) is 29.7 Å². The zero-order valence-electron chi connectivity index (χ0n) is 21.9. The first kappa shape index (κ1) is 27.1. The van der Waals surface area contributed by atoms with Crippen LogP contribution < -0.4 is 5.32 Å². The molecule has 0 saturated heterocycles.